The predicted molar refractivity (Wildman–Crippen MR) is 117 cm³/mol. The topological polar surface area (TPSA) is 36.0 Å². The van der Waals surface area contributed by atoms with Crippen LogP contribution in [-0.2, 0) is 4.79 Å². The maximum absolute atomic E-state index is 12.6. The Hall–Kier alpha value is -2.11. The molecule has 0 N–H and O–H groups in total. The molecule has 2 heterocycles. The summed E-state index contributed by atoms with van der Waals surface area (Å²) in [6, 6.07) is 14.6. The van der Waals surface area contributed by atoms with Gasteiger partial charge >= 0.3 is 0 Å². The lowest BCUT2D eigenvalue weighted by Crippen LogP contribution is -2.50. The highest BCUT2D eigenvalue weighted by Gasteiger charge is 2.22. The molecule has 0 radical (unpaired) electrons. The standard InChI is InChI=1S/C24H33N3O2/c28-24(27-12-5-1-2-6-13-27)20-26-16-14-25(15-17-26)18-19-29-23-11-7-9-21-8-3-4-10-22(21)23/h3-4,7-11H,1-2,5-6,12-20H2. The van der Waals surface area contributed by atoms with Crippen LogP contribution in [0.5, 0.6) is 5.75 Å². The van der Waals surface area contributed by atoms with Crippen molar-refractivity contribution in [1.82, 2.24) is 14.7 Å². The third kappa shape index (κ3) is 5.49. The summed E-state index contributed by atoms with van der Waals surface area (Å²) in [6.45, 7) is 8.05. The van der Waals surface area contributed by atoms with E-state index in [1.807, 2.05) is 0 Å². The van der Waals surface area contributed by atoms with E-state index in [4.69, 9.17) is 4.74 Å². The fraction of sp³-hybridized carbons (Fsp3) is 0.542. The fourth-order valence-corrected chi connectivity index (χ4v) is 4.39. The highest BCUT2D eigenvalue weighted by Crippen LogP contribution is 2.25. The lowest BCUT2D eigenvalue weighted by molar-refractivity contribution is -0.132. The first-order valence-electron chi connectivity index (χ1n) is 11.1. The molecule has 4 rings (SSSR count). The lowest BCUT2D eigenvalue weighted by atomic mass is 10.1. The first kappa shape index (κ1) is 20.2. The van der Waals surface area contributed by atoms with E-state index in [0.29, 0.717) is 19.1 Å². The molecule has 2 saturated heterocycles. The average Bonchev–Trinajstić information content (AvgIpc) is 3.05. The summed E-state index contributed by atoms with van der Waals surface area (Å²) >= 11 is 0. The van der Waals surface area contributed by atoms with Crippen LogP contribution in [-0.4, -0.2) is 79.6 Å². The molecule has 0 bridgehead atoms. The maximum Gasteiger partial charge on any atom is 0.236 e. The van der Waals surface area contributed by atoms with E-state index >= 15 is 0 Å². The summed E-state index contributed by atoms with van der Waals surface area (Å²) in [5.74, 6) is 1.28. The second-order valence-corrected chi connectivity index (χ2v) is 8.24. The number of amides is 1. The largest absolute Gasteiger partial charge is 0.492 e. The summed E-state index contributed by atoms with van der Waals surface area (Å²) in [7, 11) is 0. The van der Waals surface area contributed by atoms with Crippen LogP contribution in [0.2, 0.25) is 0 Å². The van der Waals surface area contributed by atoms with E-state index in [0.717, 1.165) is 64.4 Å². The first-order valence-corrected chi connectivity index (χ1v) is 11.1. The van der Waals surface area contributed by atoms with Crippen molar-refractivity contribution < 1.29 is 9.53 Å². The Bertz CT molecular complexity index is 788. The minimum atomic E-state index is 0.319. The van der Waals surface area contributed by atoms with E-state index in [-0.39, 0.29) is 0 Å². The van der Waals surface area contributed by atoms with Gasteiger partial charge in [0.15, 0.2) is 0 Å². The van der Waals surface area contributed by atoms with Crippen molar-refractivity contribution in [2.75, 3.05) is 59.0 Å². The van der Waals surface area contributed by atoms with Crippen molar-refractivity contribution in [3.05, 3.63) is 42.5 Å². The molecule has 0 saturated carbocycles. The van der Waals surface area contributed by atoms with Crippen LogP contribution in [0, 0.1) is 0 Å². The van der Waals surface area contributed by atoms with Crippen LogP contribution in [0.3, 0.4) is 0 Å². The van der Waals surface area contributed by atoms with Gasteiger partial charge in [-0.25, -0.2) is 0 Å². The molecule has 2 aromatic carbocycles. The Kier molecular flexibility index (Phi) is 7.01. The Morgan fingerprint density at radius 3 is 2.28 bits per heavy atom. The first-order chi connectivity index (χ1) is 14.3. The molecule has 0 atom stereocenters. The minimum Gasteiger partial charge on any atom is -0.492 e. The number of fused-ring (bicyclic) bond motifs is 1. The fourth-order valence-electron chi connectivity index (χ4n) is 4.39. The number of ether oxygens (including phenoxy) is 1. The van der Waals surface area contributed by atoms with Crippen molar-refractivity contribution in [3.63, 3.8) is 0 Å². The van der Waals surface area contributed by atoms with Gasteiger partial charge in [-0.1, -0.05) is 49.2 Å². The smallest absolute Gasteiger partial charge is 0.236 e. The summed E-state index contributed by atoms with van der Waals surface area (Å²) in [6.07, 6.45) is 4.86. The number of piperazine rings is 1. The number of likely N-dealkylation sites (tertiary alicyclic amines) is 1. The Morgan fingerprint density at radius 1 is 0.793 bits per heavy atom. The molecular weight excluding hydrogens is 362 g/mol. The van der Waals surface area contributed by atoms with Gasteiger partial charge in [0.1, 0.15) is 12.4 Å². The SMILES string of the molecule is O=C(CN1CCN(CCOc2cccc3ccccc23)CC1)N1CCCCCC1. The van der Waals surface area contributed by atoms with E-state index in [2.05, 4.69) is 57.2 Å². The molecule has 0 unspecified atom stereocenters. The van der Waals surface area contributed by atoms with Crippen LogP contribution in [0.15, 0.2) is 42.5 Å². The van der Waals surface area contributed by atoms with Crippen LogP contribution in [0.4, 0.5) is 0 Å². The monoisotopic (exact) mass is 395 g/mol. The molecule has 5 nitrogen and oxygen atoms in total. The normalized spacial score (nSPS) is 19.2. The van der Waals surface area contributed by atoms with E-state index < -0.39 is 0 Å². The second-order valence-electron chi connectivity index (χ2n) is 8.24. The molecule has 2 aromatic rings. The molecule has 1 amide bonds. The average molecular weight is 396 g/mol. The predicted octanol–water partition coefficient (Wildman–Crippen LogP) is 3.24. The highest BCUT2D eigenvalue weighted by atomic mass is 16.5. The molecule has 29 heavy (non-hydrogen) atoms. The summed E-state index contributed by atoms with van der Waals surface area (Å²) in [5, 5.41) is 2.39. The molecule has 2 aliphatic heterocycles. The number of hydrogen-bond acceptors (Lipinski definition) is 4. The van der Waals surface area contributed by atoms with Gasteiger partial charge < -0.3 is 9.64 Å². The van der Waals surface area contributed by atoms with Crippen molar-refractivity contribution in [3.8, 4) is 5.75 Å². The third-order valence-corrected chi connectivity index (χ3v) is 6.20. The number of rotatable bonds is 6. The van der Waals surface area contributed by atoms with E-state index in [1.54, 1.807) is 0 Å². The van der Waals surface area contributed by atoms with Crippen molar-refractivity contribution >= 4 is 16.7 Å². The lowest BCUT2D eigenvalue weighted by Gasteiger charge is -2.35. The van der Waals surface area contributed by atoms with Crippen molar-refractivity contribution in [2.45, 2.75) is 25.7 Å². The van der Waals surface area contributed by atoms with Crippen LogP contribution in [0.25, 0.3) is 10.8 Å². The number of benzene rings is 2. The van der Waals surface area contributed by atoms with Crippen molar-refractivity contribution in [1.29, 1.82) is 0 Å². The zero-order chi connectivity index (χ0) is 19.9. The number of carbonyl (C=O) groups excluding carboxylic acids is 1. The van der Waals surface area contributed by atoms with Gasteiger partial charge in [0.25, 0.3) is 0 Å². The van der Waals surface area contributed by atoms with Gasteiger partial charge in [-0.2, -0.15) is 0 Å². The zero-order valence-corrected chi connectivity index (χ0v) is 17.4. The van der Waals surface area contributed by atoms with Gasteiger partial charge in [0, 0.05) is 51.2 Å². The van der Waals surface area contributed by atoms with Gasteiger partial charge in [-0.15, -0.1) is 0 Å². The van der Waals surface area contributed by atoms with Crippen LogP contribution in [0.1, 0.15) is 25.7 Å². The Labute approximate surface area is 174 Å². The molecule has 2 aliphatic rings. The third-order valence-electron chi connectivity index (χ3n) is 6.20. The molecule has 0 aliphatic carbocycles. The molecule has 2 fully saturated rings. The molecule has 5 heteroatoms. The molecule has 0 spiro atoms. The summed E-state index contributed by atoms with van der Waals surface area (Å²) in [4.78, 5) is 19.4. The van der Waals surface area contributed by atoms with Gasteiger partial charge in [0.05, 0.1) is 6.54 Å². The quantitative estimate of drug-likeness (QED) is 0.752. The van der Waals surface area contributed by atoms with Gasteiger partial charge in [-0.05, 0) is 24.3 Å². The zero-order valence-electron chi connectivity index (χ0n) is 17.4. The second kappa shape index (κ2) is 10.1. The minimum absolute atomic E-state index is 0.319. The Morgan fingerprint density at radius 2 is 1.48 bits per heavy atom. The maximum atomic E-state index is 12.6. The summed E-state index contributed by atoms with van der Waals surface area (Å²) < 4.78 is 6.09. The van der Waals surface area contributed by atoms with Crippen LogP contribution >= 0.6 is 0 Å². The molecule has 156 valence electrons. The number of carbonyl (C=O) groups is 1. The van der Waals surface area contributed by atoms with Gasteiger partial charge in [-0.3, -0.25) is 14.6 Å². The van der Waals surface area contributed by atoms with Crippen molar-refractivity contribution in [2.24, 2.45) is 0 Å². The number of nitrogens with zero attached hydrogens (tertiary/aromatic N) is 3. The number of hydrogen-bond donors (Lipinski definition) is 0. The molecule has 0 aromatic heterocycles. The highest BCUT2D eigenvalue weighted by molar-refractivity contribution is 5.88. The van der Waals surface area contributed by atoms with Gasteiger partial charge in [0.2, 0.25) is 5.91 Å². The Balaban J connectivity index is 1.18. The van der Waals surface area contributed by atoms with E-state index in [1.165, 1.54) is 23.6 Å². The molecular formula is C24H33N3O2. The van der Waals surface area contributed by atoms with E-state index in [9.17, 15) is 4.79 Å². The van der Waals surface area contributed by atoms with Crippen LogP contribution < -0.4 is 4.74 Å². The summed E-state index contributed by atoms with van der Waals surface area (Å²) in [5.41, 5.74) is 0.